The van der Waals surface area contributed by atoms with Crippen molar-refractivity contribution < 1.29 is 18.3 Å². The maximum Gasteiger partial charge on any atom is 0.266 e. The highest BCUT2D eigenvalue weighted by molar-refractivity contribution is 4.85. The monoisotopic (exact) mass is 424 g/mol. The van der Waals surface area contributed by atoms with E-state index >= 15 is 0 Å². The van der Waals surface area contributed by atoms with Crippen LogP contribution in [0, 0.1) is 29.6 Å². The zero-order valence-corrected chi connectivity index (χ0v) is 18.7. The highest BCUT2D eigenvalue weighted by Crippen LogP contribution is 2.43. The van der Waals surface area contributed by atoms with E-state index in [1.807, 2.05) is 6.08 Å². The minimum absolute atomic E-state index is 0.000850. The quantitative estimate of drug-likeness (QED) is 0.262. The van der Waals surface area contributed by atoms with Crippen LogP contribution in [0.4, 0.5) is 8.78 Å². The van der Waals surface area contributed by atoms with E-state index < -0.39 is 6.08 Å². The Morgan fingerprint density at radius 1 is 0.767 bits per heavy atom. The molecule has 2 aliphatic carbocycles. The minimum atomic E-state index is -1.52. The van der Waals surface area contributed by atoms with Crippen LogP contribution in [0.25, 0.3) is 0 Å². The van der Waals surface area contributed by atoms with E-state index in [0.29, 0.717) is 18.3 Å². The maximum absolute atomic E-state index is 12.2. The topological polar surface area (TPSA) is 18.5 Å². The van der Waals surface area contributed by atoms with Gasteiger partial charge >= 0.3 is 0 Å². The van der Waals surface area contributed by atoms with Gasteiger partial charge in [-0.25, -0.2) is 0 Å². The first-order valence-electron chi connectivity index (χ1n) is 12.5. The third-order valence-corrected chi connectivity index (χ3v) is 7.95. The van der Waals surface area contributed by atoms with Gasteiger partial charge in [-0.15, -0.1) is 6.58 Å². The van der Waals surface area contributed by atoms with Gasteiger partial charge in [0, 0.05) is 5.92 Å². The molecule has 0 aromatic heterocycles. The van der Waals surface area contributed by atoms with Crippen molar-refractivity contribution in [1.82, 2.24) is 0 Å². The molecule has 0 amide bonds. The molecule has 30 heavy (non-hydrogen) atoms. The molecule has 1 aliphatic heterocycles. The van der Waals surface area contributed by atoms with Gasteiger partial charge in [0.1, 0.15) is 0 Å². The van der Waals surface area contributed by atoms with Gasteiger partial charge in [-0.2, -0.15) is 8.78 Å². The Balaban J connectivity index is 1.22. The van der Waals surface area contributed by atoms with Crippen molar-refractivity contribution in [2.24, 2.45) is 29.6 Å². The van der Waals surface area contributed by atoms with E-state index in [1.165, 1.54) is 70.6 Å². The molecule has 0 N–H and O–H groups in total. The summed E-state index contributed by atoms with van der Waals surface area (Å²) in [6.45, 7) is 5.32. The summed E-state index contributed by atoms with van der Waals surface area (Å²) in [5, 5.41) is 0. The smallest absolute Gasteiger partial charge is 0.266 e. The fraction of sp³-hybridized carbons (Fsp3) is 0.846. The molecule has 0 bridgehead atoms. The van der Waals surface area contributed by atoms with Gasteiger partial charge < -0.3 is 9.47 Å². The van der Waals surface area contributed by atoms with Crippen molar-refractivity contribution in [2.75, 3.05) is 13.2 Å². The van der Waals surface area contributed by atoms with Gasteiger partial charge in [0.15, 0.2) is 6.29 Å². The molecular weight excluding hydrogens is 382 g/mol. The largest absolute Gasteiger partial charge is 0.352 e. The Bertz CT molecular complexity index is 507. The van der Waals surface area contributed by atoms with E-state index in [9.17, 15) is 8.78 Å². The summed E-state index contributed by atoms with van der Waals surface area (Å²) in [6, 6.07) is 0. The number of hydrogen-bond donors (Lipinski definition) is 0. The second kappa shape index (κ2) is 13.0. The van der Waals surface area contributed by atoms with E-state index in [2.05, 4.69) is 6.58 Å². The van der Waals surface area contributed by atoms with Gasteiger partial charge in [0.2, 0.25) is 0 Å². The number of hydrogen-bond acceptors (Lipinski definition) is 2. The Morgan fingerprint density at radius 3 is 1.83 bits per heavy atom. The lowest BCUT2D eigenvalue weighted by Crippen LogP contribution is -2.30. The summed E-state index contributed by atoms with van der Waals surface area (Å²) in [5.41, 5.74) is 0. The van der Waals surface area contributed by atoms with Crippen molar-refractivity contribution in [2.45, 2.75) is 96.2 Å². The van der Waals surface area contributed by atoms with Crippen LogP contribution in [0.3, 0.4) is 0 Å². The van der Waals surface area contributed by atoms with Gasteiger partial charge in [-0.1, -0.05) is 44.6 Å². The van der Waals surface area contributed by atoms with Crippen LogP contribution in [0.2, 0.25) is 0 Å². The summed E-state index contributed by atoms with van der Waals surface area (Å²) < 4.78 is 35.9. The fourth-order valence-corrected chi connectivity index (χ4v) is 5.93. The number of halogens is 2. The molecule has 0 spiro atoms. The molecular formula is C26H42F2O2. The van der Waals surface area contributed by atoms with Gasteiger partial charge in [0.25, 0.3) is 6.08 Å². The van der Waals surface area contributed by atoms with Crippen molar-refractivity contribution >= 4 is 0 Å². The second-order valence-corrected chi connectivity index (χ2v) is 10.0. The summed E-state index contributed by atoms with van der Waals surface area (Å²) in [7, 11) is 0. The molecule has 0 unspecified atom stereocenters. The normalized spacial score (nSPS) is 35.0. The van der Waals surface area contributed by atoms with Crippen LogP contribution in [0.1, 0.15) is 89.9 Å². The van der Waals surface area contributed by atoms with Crippen molar-refractivity contribution in [3.8, 4) is 0 Å². The van der Waals surface area contributed by atoms with Gasteiger partial charge in [-0.3, -0.25) is 0 Å². The lowest BCUT2D eigenvalue weighted by Gasteiger charge is -2.38. The molecule has 0 aromatic rings. The first-order valence-corrected chi connectivity index (χ1v) is 12.5. The summed E-state index contributed by atoms with van der Waals surface area (Å²) in [4.78, 5) is 0. The third-order valence-electron chi connectivity index (χ3n) is 7.95. The van der Waals surface area contributed by atoms with E-state index in [4.69, 9.17) is 9.47 Å². The Labute approximate surface area is 182 Å². The molecule has 0 aromatic carbocycles. The van der Waals surface area contributed by atoms with Crippen LogP contribution in [-0.4, -0.2) is 19.5 Å². The third kappa shape index (κ3) is 8.07. The molecule has 0 atom stereocenters. The van der Waals surface area contributed by atoms with Crippen LogP contribution >= 0.6 is 0 Å². The fourth-order valence-electron chi connectivity index (χ4n) is 5.93. The number of ether oxygens (including phenoxy) is 2. The van der Waals surface area contributed by atoms with Crippen LogP contribution in [0.15, 0.2) is 24.8 Å². The highest BCUT2D eigenvalue weighted by Gasteiger charge is 2.30. The summed E-state index contributed by atoms with van der Waals surface area (Å²) in [6.07, 6.45) is 18.7. The lowest BCUT2D eigenvalue weighted by atomic mass is 9.68. The summed E-state index contributed by atoms with van der Waals surface area (Å²) in [5.74, 6) is 3.77. The Kier molecular flexibility index (Phi) is 10.3. The lowest BCUT2D eigenvalue weighted by molar-refractivity contribution is -0.195. The molecule has 4 heteroatoms. The molecule has 3 fully saturated rings. The first kappa shape index (κ1) is 23.9. The van der Waals surface area contributed by atoms with E-state index in [1.54, 1.807) is 0 Å². The SMILES string of the molecule is C=CC1COC(CCCCC2CCC(C3CCC(CCC=C(F)F)CC3)CC2)OC1. The minimum Gasteiger partial charge on any atom is -0.352 e. The number of unbranched alkanes of at least 4 members (excludes halogenated alkanes) is 1. The highest BCUT2D eigenvalue weighted by atomic mass is 19.3. The first-order chi connectivity index (χ1) is 14.6. The van der Waals surface area contributed by atoms with E-state index in [-0.39, 0.29) is 6.29 Å². The van der Waals surface area contributed by atoms with Gasteiger partial charge in [-0.05, 0) is 81.1 Å². The molecule has 3 aliphatic rings. The van der Waals surface area contributed by atoms with Crippen molar-refractivity contribution in [3.05, 3.63) is 24.8 Å². The predicted molar refractivity (Wildman–Crippen MR) is 118 cm³/mol. The molecule has 2 nitrogen and oxygen atoms in total. The van der Waals surface area contributed by atoms with Crippen LogP contribution in [-0.2, 0) is 9.47 Å². The zero-order chi connectivity index (χ0) is 21.2. The molecule has 3 rings (SSSR count). The van der Waals surface area contributed by atoms with Gasteiger partial charge in [0.05, 0.1) is 13.2 Å². The maximum atomic E-state index is 12.2. The van der Waals surface area contributed by atoms with Crippen molar-refractivity contribution in [3.63, 3.8) is 0 Å². The molecule has 172 valence electrons. The predicted octanol–water partition coefficient (Wildman–Crippen LogP) is 7.90. The second-order valence-electron chi connectivity index (χ2n) is 10.0. The summed E-state index contributed by atoms with van der Waals surface area (Å²) >= 11 is 0. The van der Waals surface area contributed by atoms with Crippen LogP contribution < -0.4 is 0 Å². The molecule has 2 saturated carbocycles. The van der Waals surface area contributed by atoms with E-state index in [0.717, 1.165) is 49.9 Å². The average molecular weight is 425 g/mol. The molecule has 0 radical (unpaired) electrons. The standard InChI is InChI=1S/C26H42F2O2/c1-2-20-18-29-26(30-19-20)9-4-3-6-21-10-14-23(15-11-21)24-16-12-22(13-17-24)7-5-8-25(27)28/h2,8,20-24,26H,1,3-7,9-19H2. The van der Waals surface area contributed by atoms with Crippen LogP contribution in [0.5, 0.6) is 0 Å². The molecule has 1 heterocycles. The zero-order valence-electron chi connectivity index (χ0n) is 18.7. The number of rotatable bonds is 10. The van der Waals surface area contributed by atoms with Crippen molar-refractivity contribution in [1.29, 1.82) is 0 Å². The Morgan fingerprint density at radius 2 is 1.30 bits per heavy atom. The Hall–Kier alpha value is -0.740. The average Bonchev–Trinajstić information content (AvgIpc) is 2.78. The molecule has 1 saturated heterocycles. The number of allylic oxidation sites excluding steroid dienone is 1.